The summed E-state index contributed by atoms with van der Waals surface area (Å²) < 4.78 is 6.75. The number of hydrogen-bond acceptors (Lipinski definition) is 3. The first-order chi connectivity index (χ1) is 10.2. The molecule has 0 fully saturated rings. The first-order valence-electron chi connectivity index (χ1n) is 7.19. The topological polar surface area (TPSA) is 43.3 Å². The second-order valence-electron chi connectivity index (χ2n) is 5.03. The van der Waals surface area contributed by atoms with E-state index in [2.05, 4.69) is 17.4 Å². The van der Waals surface area contributed by atoms with Gasteiger partial charge in [-0.15, -0.1) is 0 Å². The van der Waals surface area contributed by atoms with Crippen molar-refractivity contribution in [2.24, 2.45) is 0 Å². The van der Waals surface area contributed by atoms with Crippen LogP contribution in [0.3, 0.4) is 0 Å². The molecule has 2 rings (SSSR count). The van der Waals surface area contributed by atoms with Crippen molar-refractivity contribution in [1.82, 2.24) is 4.57 Å². The van der Waals surface area contributed by atoms with Crippen LogP contribution in [-0.4, -0.2) is 24.8 Å². The van der Waals surface area contributed by atoms with Gasteiger partial charge in [0.1, 0.15) is 0 Å². The predicted molar refractivity (Wildman–Crippen MR) is 86.0 cm³/mol. The minimum absolute atomic E-state index is 0.00858. The van der Waals surface area contributed by atoms with Crippen LogP contribution in [-0.2, 0) is 17.7 Å². The molecular weight excluding hydrogens is 264 g/mol. The Balaban J connectivity index is 1.96. The molecule has 1 N–H and O–H groups in total. The maximum Gasteiger partial charge on any atom is 0.252 e. The molecule has 0 aliphatic rings. The van der Waals surface area contributed by atoms with E-state index < -0.39 is 0 Å². The van der Waals surface area contributed by atoms with Crippen LogP contribution in [0.4, 0.5) is 5.69 Å². The molecule has 4 heteroatoms. The molecule has 112 valence electrons. The zero-order valence-electron chi connectivity index (χ0n) is 12.6. The summed E-state index contributed by atoms with van der Waals surface area (Å²) >= 11 is 0. The summed E-state index contributed by atoms with van der Waals surface area (Å²) in [7, 11) is 1.64. The third kappa shape index (κ3) is 4.46. The number of benzene rings is 1. The lowest BCUT2D eigenvalue weighted by Crippen LogP contribution is -2.24. The Morgan fingerprint density at radius 1 is 1.19 bits per heavy atom. The van der Waals surface area contributed by atoms with E-state index in [9.17, 15) is 4.79 Å². The lowest BCUT2D eigenvalue weighted by molar-refractivity contribution is 0.185. The van der Waals surface area contributed by atoms with Crippen LogP contribution < -0.4 is 10.9 Å². The summed E-state index contributed by atoms with van der Waals surface area (Å²) in [5.41, 5.74) is 3.12. The second kappa shape index (κ2) is 7.64. The van der Waals surface area contributed by atoms with Gasteiger partial charge in [-0.3, -0.25) is 4.79 Å². The first-order valence-corrected chi connectivity index (χ1v) is 7.19. The molecular formula is C17H22N2O2. The molecule has 21 heavy (non-hydrogen) atoms. The SMILES string of the molecule is COCCn1c(C)cc(NCCc2ccccc2)cc1=O. The number of nitrogens with zero attached hydrogens (tertiary/aromatic N) is 1. The molecule has 0 aliphatic carbocycles. The Hall–Kier alpha value is -2.07. The van der Waals surface area contributed by atoms with Gasteiger partial charge in [-0.05, 0) is 25.0 Å². The van der Waals surface area contributed by atoms with Crippen LogP contribution in [0.1, 0.15) is 11.3 Å². The number of rotatable bonds is 7. The molecule has 4 nitrogen and oxygen atoms in total. The van der Waals surface area contributed by atoms with E-state index in [1.807, 2.05) is 31.2 Å². The van der Waals surface area contributed by atoms with E-state index in [0.29, 0.717) is 13.2 Å². The van der Waals surface area contributed by atoms with E-state index in [4.69, 9.17) is 4.74 Å². The number of ether oxygens (including phenoxy) is 1. The Morgan fingerprint density at radius 2 is 1.95 bits per heavy atom. The highest BCUT2D eigenvalue weighted by Gasteiger charge is 2.03. The highest BCUT2D eigenvalue weighted by atomic mass is 16.5. The largest absolute Gasteiger partial charge is 0.385 e. The van der Waals surface area contributed by atoms with E-state index in [1.165, 1.54) is 5.56 Å². The average molecular weight is 286 g/mol. The van der Waals surface area contributed by atoms with Crippen LogP contribution in [0.5, 0.6) is 0 Å². The maximum atomic E-state index is 12.1. The minimum atomic E-state index is 0.00858. The van der Waals surface area contributed by atoms with Crippen molar-refractivity contribution in [3.8, 4) is 0 Å². The highest BCUT2D eigenvalue weighted by molar-refractivity contribution is 5.43. The summed E-state index contributed by atoms with van der Waals surface area (Å²) in [6.07, 6.45) is 0.937. The lowest BCUT2D eigenvalue weighted by Gasteiger charge is -2.12. The van der Waals surface area contributed by atoms with Crippen LogP contribution in [0, 0.1) is 6.92 Å². The van der Waals surface area contributed by atoms with Gasteiger partial charge in [0, 0.05) is 37.6 Å². The van der Waals surface area contributed by atoms with E-state index >= 15 is 0 Å². The molecule has 0 aliphatic heterocycles. The van der Waals surface area contributed by atoms with Crippen molar-refractivity contribution < 1.29 is 4.74 Å². The molecule has 2 aromatic rings. The highest BCUT2D eigenvalue weighted by Crippen LogP contribution is 2.08. The van der Waals surface area contributed by atoms with E-state index in [0.717, 1.165) is 24.3 Å². The fraction of sp³-hybridized carbons (Fsp3) is 0.353. The zero-order chi connectivity index (χ0) is 15.1. The fourth-order valence-corrected chi connectivity index (χ4v) is 2.30. The van der Waals surface area contributed by atoms with Gasteiger partial charge < -0.3 is 14.6 Å². The van der Waals surface area contributed by atoms with Crippen molar-refractivity contribution in [3.05, 3.63) is 64.1 Å². The lowest BCUT2D eigenvalue weighted by atomic mass is 10.1. The molecule has 0 amide bonds. The summed E-state index contributed by atoms with van der Waals surface area (Å²) in [6, 6.07) is 14.0. The Labute approximate surface area is 125 Å². The molecule has 1 aromatic heterocycles. The number of methoxy groups -OCH3 is 1. The van der Waals surface area contributed by atoms with Crippen molar-refractivity contribution in [2.75, 3.05) is 25.6 Å². The second-order valence-corrected chi connectivity index (χ2v) is 5.03. The fourth-order valence-electron chi connectivity index (χ4n) is 2.30. The maximum absolute atomic E-state index is 12.1. The van der Waals surface area contributed by atoms with Gasteiger partial charge in [0.05, 0.1) is 6.61 Å². The molecule has 0 atom stereocenters. The smallest absolute Gasteiger partial charge is 0.252 e. The van der Waals surface area contributed by atoms with Gasteiger partial charge in [0.15, 0.2) is 0 Å². The summed E-state index contributed by atoms with van der Waals surface area (Å²) in [6.45, 7) is 3.89. The summed E-state index contributed by atoms with van der Waals surface area (Å²) in [5, 5.41) is 3.31. The Bertz CT molecular complexity index is 620. The number of pyridine rings is 1. The quantitative estimate of drug-likeness (QED) is 0.850. The first kappa shape index (κ1) is 15.3. The molecule has 0 spiro atoms. The van der Waals surface area contributed by atoms with Crippen LogP contribution in [0.25, 0.3) is 0 Å². The number of hydrogen-bond donors (Lipinski definition) is 1. The molecule has 1 heterocycles. The molecule has 0 saturated carbocycles. The molecule has 1 aromatic carbocycles. The molecule has 0 unspecified atom stereocenters. The Kier molecular flexibility index (Phi) is 5.58. The Morgan fingerprint density at radius 3 is 2.62 bits per heavy atom. The number of aromatic nitrogens is 1. The average Bonchev–Trinajstić information content (AvgIpc) is 2.48. The molecule has 0 bridgehead atoms. The molecule has 0 radical (unpaired) electrons. The monoisotopic (exact) mass is 286 g/mol. The van der Waals surface area contributed by atoms with Crippen molar-refractivity contribution in [2.45, 2.75) is 19.9 Å². The van der Waals surface area contributed by atoms with Crippen molar-refractivity contribution in [3.63, 3.8) is 0 Å². The predicted octanol–water partition coefficient (Wildman–Crippen LogP) is 2.46. The van der Waals surface area contributed by atoms with Gasteiger partial charge in [0.25, 0.3) is 5.56 Å². The van der Waals surface area contributed by atoms with Gasteiger partial charge in [-0.2, -0.15) is 0 Å². The van der Waals surface area contributed by atoms with E-state index in [1.54, 1.807) is 17.7 Å². The summed E-state index contributed by atoms with van der Waals surface area (Å²) in [5.74, 6) is 0. The third-order valence-corrected chi connectivity index (χ3v) is 3.44. The zero-order valence-corrected chi connectivity index (χ0v) is 12.6. The number of anilines is 1. The van der Waals surface area contributed by atoms with Gasteiger partial charge in [0.2, 0.25) is 0 Å². The summed E-state index contributed by atoms with van der Waals surface area (Å²) in [4.78, 5) is 12.1. The molecule has 0 saturated heterocycles. The van der Waals surface area contributed by atoms with Gasteiger partial charge >= 0.3 is 0 Å². The van der Waals surface area contributed by atoms with Crippen LogP contribution in [0.2, 0.25) is 0 Å². The van der Waals surface area contributed by atoms with Crippen LogP contribution >= 0.6 is 0 Å². The van der Waals surface area contributed by atoms with Crippen LogP contribution in [0.15, 0.2) is 47.3 Å². The normalized spacial score (nSPS) is 10.6. The third-order valence-electron chi connectivity index (χ3n) is 3.44. The van der Waals surface area contributed by atoms with Crippen molar-refractivity contribution in [1.29, 1.82) is 0 Å². The van der Waals surface area contributed by atoms with Gasteiger partial charge in [-0.25, -0.2) is 0 Å². The van der Waals surface area contributed by atoms with E-state index in [-0.39, 0.29) is 5.56 Å². The number of nitrogens with one attached hydrogen (secondary N) is 1. The van der Waals surface area contributed by atoms with Crippen molar-refractivity contribution >= 4 is 5.69 Å². The minimum Gasteiger partial charge on any atom is -0.385 e. The van der Waals surface area contributed by atoms with Gasteiger partial charge in [-0.1, -0.05) is 30.3 Å². The standard InChI is InChI=1S/C17H22N2O2/c1-14-12-16(13-17(20)19(14)10-11-21-2)18-9-8-15-6-4-3-5-7-15/h3-7,12-13,18H,8-11H2,1-2H3. The number of aryl methyl sites for hydroxylation is 1.